The monoisotopic (exact) mass is 231 g/mol. The van der Waals surface area contributed by atoms with Crippen molar-refractivity contribution >= 4 is 17.3 Å². The minimum absolute atomic E-state index is 0.0777. The van der Waals surface area contributed by atoms with Crippen LogP contribution in [-0.4, -0.2) is 20.7 Å². The van der Waals surface area contributed by atoms with Crippen LogP contribution in [0.2, 0.25) is 0 Å². The molecule has 0 atom stereocenters. The Labute approximate surface area is 98.5 Å². The van der Waals surface area contributed by atoms with Crippen molar-refractivity contribution in [2.45, 2.75) is 13.0 Å². The van der Waals surface area contributed by atoms with Crippen molar-refractivity contribution in [1.82, 2.24) is 14.8 Å². The van der Waals surface area contributed by atoms with Crippen molar-refractivity contribution < 1.29 is 4.79 Å². The van der Waals surface area contributed by atoms with Crippen LogP contribution in [-0.2, 0) is 11.3 Å². The van der Waals surface area contributed by atoms with E-state index in [2.05, 4.69) is 15.4 Å². The zero-order valence-electron chi connectivity index (χ0n) is 9.21. The molecule has 0 saturated heterocycles. The first-order valence-electron chi connectivity index (χ1n) is 5.22. The molecule has 2 rings (SSSR count). The molecule has 6 heteroatoms. The Kier molecular flexibility index (Phi) is 3.34. The van der Waals surface area contributed by atoms with Crippen LogP contribution in [0.4, 0.5) is 11.4 Å². The van der Waals surface area contributed by atoms with Crippen molar-refractivity contribution in [1.29, 1.82) is 0 Å². The summed E-state index contributed by atoms with van der Waals surface area (Å²) in [7, 11) is 0. The molecule has 0 fully saturated rings. The van der Waals surface area contributed by atoms with Crippen LogP contribution >= 0.6 is 0 Å². The van der Waals surface area contributed by atoms with Gasteiger partial charge in [-0.05, 0) is 18.2 Å². The second kappa shape index (κ2) is 5.11. The number of anilines is 2. The SMILES string of the molecule is Nc1cccc(NC(=O)CCn2cncn2)c1. The highest BCUT2D eigenvalue weighted by atomic mass is 16.1. The minimum atomic E-state index is -0.0777. The average molecular weight is 231 g/mol. The lowest BCUT2D eigenvalue weighted by Crippen LogP contribution is -2.14. The van der Waals surface area contributed by atoms with Gasteiger partial charge in [-0.3, -0.25) is 9.48 Å². The number of rotatable bonds is 4. The lowest BCUT2D eigenvalue weighted by Gasteiger charge is -2.05. The van der Waals surface area contributed by atoms with Crippen LogP contribution in [0.5, 0.6) is 0 Å². The van der Waals surface area contributed by atoms with Gasteiger partial charge in [-0.2, -0.15) is 5.10 Å². The van der Waals surface area contributed by atoms with Crippen LogP contribution in [0.3, 0.4) is 0 Å². The molecule has 88 valence electrons. The van der Waals surface area contributed by atoms with Gasteiger partial charge in [0.15, 0.2) is 0 Å². The fourth-order valence-electron chi connectivity index (χ4n) is 1.40. The van der Waals surface area contributed by atoms with Crippen molar-refractivity contribution in [3.8, 4) is 0 Å². The van der Waals surface area contributed by atoms with Crippen LogP contribution in [0, 0.1) is 0 Å². The first-order valence-corrected chi connectivity index (χ1v) is 5.22. The summed E-state index contributed by atoms with van der Waals surface area (Å²) in [5.74, 6) is -0.0777. The number of aryl methyl sites for hydroxylation is 1. The van der Waals surface area contributed by atoms with E-state index in [0.717, 1.165) is 0 Å². The third kappa shape index (κ3) is 3.30. The van der Waals surface area contributed by atoms with E-state index in [1.807, 2.05) is 0 Å². The number of amides is 1. The Morgan fingerprint density at radius 2 is 2.35 bits per heavy atom. The van der Waals surface area contributed by atoms with Gasteiger partial charge in [-0.1, -0.05) is 6.07 Å². The normalized spacial score (nSPS) is 10.1. The number of hydrogen-bond acceptors (Lipinski definition) is 4. The number of nitrogen functional groups attached to an aromatic ring is 1. The molecule has 0 spiro atoms. The van der Waals surface area contributed by atoms with Gasteiger partial charge in [0.2, 0.25) is 5.91 Å². The summed E-state index contributed by atoms with van der Waals surface area (Å²) in [5, 5.41) is 6.68. The summed E-state index contributed by atoms with van der Waals surface area (Å²) in [4.78, 5) is 15.4. The number of nitrogens with one attached hydrogen (secondary N) is 1. The molecule has 1 amide bonds. The predicted octanol–water partition coefficient (Wildman–Crippen LogP) is 0.889. The molecular formula is C11H13N5O. The highest BCUT2D eigenvalue weighted by Crippen LogP contribution is 2.11. The first kappa shape index (κ1) is 11.1. The summed E-state index contributed by atoms with van der Waals surface area (Å²) in [5.41, 5.74) is 6.94. The Hall–Kier alpha value is -2.37. The second-order valence-electron chi connectivity index (χ2n) is 3.58. The average Bonchev–Trinajstić information content (AvgIpc) is 2.79. The standard InChI is InChI=1S/C11H13N5O/c12-9-2-1-3-10(6-9)15-11(17)4-5-16-8-13-7-14-16/h1-3,6-8H,4-5,12H2,(H,15,17). The number of nitrogens with zero attached hydrogens (tertiary/aromatic N) is 3. The highest BCUT2D eigenvalue weighted by Gasteiger charge is 2.03. The third-order valence-corrected chi connectivity index (χ3v) is 2.20. The molecule has 6 nitrogen and oxygen atoms in total. The summed E-state index contributed by atoms with van der Waals surface area (Å²) in [6, 6.07) is 7.07. The van der Waals surface area contributed by atoms with Crippen LogP contribution in [0.15, 0.2) is 36.9 Å². The van der Waals surface area contributed by atoms with E-state index in [-0.39, 0.29) is 5.91 Å². The molecular weight excluding hydrogens is 218 g/mol. The number of aromatic nitrogens is 3. The van der Waals surface area contributed by atoms with Gasteiger partial charge in [0.1, 0.15) is 12.7 Å². The molecule has 17 heavy (non-hydrogen) atoms. The summed E-state index contributed by atoms with van der Waals surface area (Å²) < 4.78 is 1.61. The molecule has 0 aliphatic rings. The molecule has 0 radical (unpaired) electrons. The Balaban J connectivity index is 1.85. The fourth-order valence-corrected chi connectivity index (χ4v) is 1.40. The van der Waals surface area contributed by atoms with Crippen molar-refractivity contribution in [3.05, 3.63) is 36.9 Å². The van der Waals surface area contributed by atoms with Crippen LogP contribution in [0.25, 0.3) is 0 Å². The fraction of sp³-hybridized carbons (Fsp3) is 0.182. The predicted molar refractivity (Wildman–Crippen MR) is 64.1 cm³/mol. The molecule has 2 aromatic rings. The highest BCUT2D eigenvalue weighted by molar-refractivity contribution is 5.91. The van der Waals surface area contributed by atoms with Gasteiger partial charge < -0.3 is 11.1 Å². The lowest BCUT2D eigenvalue weighted by molar-refractivity contribution is -0.116. The molecule has 0 aliphatic carbocycles. The minimum Gasteiger partial charge on any atom is -0.399 e. The van der Waals surface area contributed by atoms with E-state index < -0.39 is 0 Å². The van der Waals surface area contributed by atoms with Gasteiger partial charge in [0.25, 0.3) is 0 Å². The molecule has 0 aliphatic heterocycles. The topological polar surface area (TPSA) is 85.8 Å². The molecule has 0 unspecified atom stereocenters. The van der Waals surface area contributed by atoms with Crippen molar-refractivity contribution in [2.24, 2.45) is 0 Å². The molecule has 1 aromatic carbocycles. The van der Waals surface area contributed by atoms with Crippen molar-refractivity contribution in [2.75, 3.05) is 11.1 Å². The van der Waals surface area contributed by atoms with E-state index in [0.29, 0.717) is 24.3 Å². The van der Waals surface area contributed by atoms with Gasteiger partial charge >= 0.3 is 0 Å². The molecule has 0 saturated carbocycles. The molecule has 0 bridgehead atoms. The number of carbonyl (C=O) groups is 1. The molecule has 1 heterocycles. The van der Waals surface area contributed by atoms with E-state index in [4.69, 9.17) is 5.73 Å². The van der Waals surface area contributed by atoms with E-state index in [9.17, 15) is 4.79 Å². The van der Waals surface area contributed by atoms with Gasteiger partial charge in [0.05, 0.1) is 6.54 Å². The van der Waals surface area contributed by atoms with Gasteiger partial charge in [0, 0.05) is 17.8 Å². The Morgan fingerprint density at radius 1 is 1.47 bits per heavy atom. The van der Waals surface area contributed by atoms with Crippen molar-refractivity contribution in [3.63, 3.8) is 0 Å². The Bertz CT molecular complexity index is 494. The zero-order chi connectivity index (χ0) is 12.1. The molecule has 1 aromatic heterocycles. The maximum absolute atomic E-state index is 11.6. The number of nitrogens with two attached hydrogens (primary N) is 1. The third-order valence-electron chi connectivity index (χ3n) is 2.20. The largest absolute Gasteiger partial charge is 0.399 e. The first-order chi connectivity index (χ1) is 8.24. The maximum Gasteiger partial charge on any atom is 0.226 e. The van der Waals surface area contributed by atoms with Crippen LogP contribution < -0.4 is 11.1 Å². The number of hydrogen-bond donors (Lipinski definition) is 2. The lowest BCUT2D eigenvalue weighted by atomic mass is 10.2. The van der Waals surface area contributed by atoms with E-state index in [1.165, 1.54) is 6.33 Å². The van der Waals surface area contributed by atoms with Gasteiger partial charge in [-0.25, -0.2) is 4.98 Å². The smallest absolute Gasteiger partial charge is 0.226 e. The maximum atomic E-state index is 11.6. The second-order valence-corrected chi connectivity index (χ2v) is 3.58. The van der Waals surface area contributed by atoms with E-state index in [1.54, 1.807) is 35.3 Å². The quantitative estimate of drug-likeness (QED) is 0.765. The van der Waals surface area contributed by atoms with Gasteiger partial charge in [-0.15, -0.1) is 0 Å². The van der Waals surface area contributed by atoms with E-state index >= 15 is 0 Å². The zero-order valence-corrected chi connectivity index (χ0v) is 9.21. The number of carbonyl (C=O) groups excluding carboxylic acids is 1. The summed E-state index contributed by atoms with van der Waals surface area (Å²) in [6.07, 6.45) is 3.36. The number of benzene rings is 1. The summed E-state index contributed by atoms with van der Waals surface area (Å²) in [6.45, 7) is 0.508. The summed E-state index contributed by atoms with van der Waals surface area (Å²) >= 11 is 0. The molecule has 3 N–H and O–H groups in total. The Morgan fingerprint density at radius 3 is 3.06 bits per heavy atom. The van der Waals surface area contributed by atoms with Crippen LogP contribution in [0.1, 0.15) is 6.42 Å².